The Bertz CT molecular complexity index is 1260. The first-order valence-corrected chi connectivity index (χ1v) is 13.1. The number of likely N-dealkylation sites (tertiary alicyclic amines) is 1. The van der Waals surface area contributed by atoms with Crippen LogP contribution >= 0.6 is 0 Å². The molecule has 2 atom stereocenters. The van der Waals surface area contributed by atoms with Crippen LogP contribution in [0.5, 0.6) is 5.75 Å². The Morgan fingerprint density at radius 1 is 1.18 bits per heavy atom. The minimum Gasteiger partial charge on any atom is -0.496 e. The molecule has 2 aromatic carbocycles. The lowest BCUT2D eigenvalue weighted by molar-refractivity contribution is -0.116. The molecule has 10 heteroatoms. The first-order valence-electron chi connectivity index (χ1n) is 13.1. The molecule has 2 aliphatic rings. The number of carbonyl (C=O) groups excluding carboxylic acids is 1. The van der Waals surface area contributed by atoms with Gasteiger partial charge in [0.25, 0.3) is 5.96 Å². The molecule has 5 rings (SSSR count). The van der Waals surface area contributed by atoms with E-state index in [0.717, 1.165) is 49.7 Å². The Labute approximate surface area is 221 Å². The van der Waals surface area contributed by atoms with Gasteiger partial charge in [0.05, 0.1) is 13.7 Å². The van der Waals surface area contributed by atoms with Crippen molar-refractivity contribution in [2.45, 2.75) is 50.6 Å². The number of aliphatic hydroxyl groups excluding tert-OH is 1. The molecule has 0 bridgehead atoms. The lowest BCUT2D eigenvalue weighted by Gasteiger charge is -2.34. The standard InChI is InChI=1S/C28H34N4O6/c1-35-24-13-12-19(8-4-6-14-31-15-7-5-10-21(31)18-33)16-22(24)26(32-27(29)30-37-28(34)38-32)25-17-20-9-2-3-11-23(20)36-25/h2-3,9,11-13,16-17,21,26,33H,4-8,10,14-15,18H2,1H3,(H2,29,30). The van der Waals surface area contributed by atoms with Crippen molar-refractivity contribution in [1.29, 1.82) is 0 Å². The van der Waals surface area contributed by atoms with Gasteiger partial charge in [0.2, 0.25) is 0 Å². The fraction of sp³-hybridized carbons (Fsp3) is 0.429. The van der Waals surface area contributed by atoms with Crippen molar-refractivity contribution < 1.29 is 28.7 Å². The maximum atomic E-state index is 12.0. The number of oxime groups is 1. The van der Waals surface area contributed by atoms with E-state index >= 15 is 0 Å². The van der Waals surface area contributed by atoms with Gasteiger partial charge in [-0.25, -0.2) is 0 Å². The first kappa shape index (κ1) is 25.9. The predicted octanol–water partition coefficient (Wildman–Crippen LogP) is 4.31. The number of nitrogens with zero attached hydrogens (tertiary/aromatic N) is 3. The normalized spacial score (nSPS) is 19.1. The van der Waals surface area contributed by atoms with Gasteiger partial charge < -0.3 is 24.8 Å². The molecule has 202 valence electrons. The third-order valence-electron chi connectivity index (χ3n) is 7.27. The zero-order chi connectivity index (χ0) is 26.5. The minimum atomic E-state index is -0.991. The van der Waals surface area contributed by atoms with Crippen LogP contribution in [0, 0.1) is 0 Å². The summed E-state index contributed by atoms with van der Waals surface area (Å²) >= 11 is 0. The molecule has 2 aliphatic heterocycles. The highest BCUT2D eigenvalue weighted by Crippen LogP contribution is 2.39. The van der Waals surface area contributed by atoms with Crippen LogP contribution < -0.4 is 10.5 Å². The molecule has 0 spiro atoms. The average Bonchev–Trinajstić information content (AvgIpc) is 3.37. The van der Waals surface area contributed by atoms with Gasteiger partial charge in [0.15, 0.2) is 6.04 Å². The smallest absolute Gasteiger partial charge is 0.496 e. The molecule has 1 fully saturated rings. The number of methoxy groups -OCH3 is 1. The van der Waals surface area contributed by atoms with Crippen molar-refractivity contribution in [3.63, 3.8) is 0 Å². The molecule has 0 aliphatic carbocycles. The highest BCUT2D eigenvalue weighted by Gasteiger charge is 2.36. The van der Waals surface area contributed by atoms with Crippen molar-refractivity contribution in [2.75, 3.05) is 26.8 Å². The van der Waals surface area contributed by atoms with Gasteiger partial charge in [-0.15, -0.1) is 0 Å². The van der Waals surface area contributed by atoms with Crippen molar-refractivity contribution >= 4 is 23.1 Å². The van der Waals surface area contributed by atoms with E-state index in [1.165, 1.54) is 17.9 Å². The van der Waals surface area contributed by atoms with Crippen molar-refractivity contribution in [2.24, 2.45) is 10.9 Å². The quantitative estimate of drug-likeness (QED) is 0.296. The lowest BCUT2D eigenvalue weighted by Crippen LogP contribution is -2.45. The van der Waals surface area contributed by atoms with Crippen LogP contribution in [0.15, 0.2) is 58.1 Å². The zero-order valence-corrected chi connectivity index (χ0v) is 21.5. The number of nitrogens with two attached hydrogens (primary N) is 1. The number of hydrogen-bond donors (Lipinski definition) is 2. The van der Waals surface area contributed by atoms with E-state index in [9.17, 15) is 9.90 Å². The number of para-hydroxylation sites is 1. The molecule has 0 amide bonds. The lowest BCUT2D eigenvalue weighted by atomic mass is 9.97. The van der Waals surface area contributed by atoms with Crippen LogP contribution in [0.3, 0.4) is 0 Å². The van der Waals surface area contributed by atoms with E-state index < -0.39 is 12.2 Å². The second-order valence-electron chi connectivity index (χ2n) is 9.70. The second-order valence-corrected chi connectivity index (χ2v) is 9.70. The molecule has 1 saturated heterocycles. The summed E-state index contributed by atoms with van der Waals surface area (Å²) < 4.78 is 11.9. The number of rotatable bonds is 10. The largest absolute Gasteiger partial charge is 0.560 e. The predicted molar refractivity (Wildman–Crippen MR) is 141 cm³/mol. The van der Waals surface area contributed by atoms with Gasteiger partial charge in [0, 0.05) is 17.0 Å². The van der Waals surface area contributed by atoms with E-state index in [-0.39, 0.29) is 18.6 Å². The third kappa shape index (κ3) is 5.56. The van der Waals surface area contributed by atoms with E-state index in [1.54, 1.807) is 7.11 Å². The maximum Gasteiger partial charge on any atom is 0.560 e. The number of unbranched alkanes of at least 4 members (excludes halogenated alkanes) is 1. The Morgan fingerprint density at radius 3 is 2.87 bits per heavy atom. The molecule has 10 nitrogen and oxygen atoms in total. The van der Waals surface area contributed by atoms with Crippen LogP contribution in [0.2, 0.25) is 0 Å². The molecule has 0 saturated carbocycles. The van der Waals surface area contributed by atoms with Crippen LogP contribution in [0.1, 0.15) is 55.0 Å². The van der Waals surface area contributed by atoms with E-state index in [1.807, 2.05) is 48.5 Å². The van der Waals surface area contributed by atoms with Crippen LogP contribution in [-0.2, 0) is 16.1 Å². The highest BCUT2D eigenvalue weighted by atomic mass is 16.9. The second kappa shape index (κ2) is 11.7. The Kier molecular flexibility index (Phi) is 8.00. The van der Waals surface area contributed by atoms with Crippen molar-refractivity contribution in [3.05, 3.63) is 65.4 Å². The summed E-state index contributed by atoms with van der Waals surface area (Å²) in [6.07, 6.45) is 5.34. The summed E-state index contributed by atoms with van der Waals surface area (Å²) in [6, 6.07) is 15.0. The first-order chi connectivity index (χ1) is 18.6. The molecule has 3 aromatic rings. The Hall–Kier alpha value is -3.76. The number of guanidine groups is 1. The van der Waals surface area contributed by atoms with Gasteiger partial charge in [-0.1, -0.05) is 30.7 Å². The van der Waals surface area contributed by atoms with E-state index in [2.05, 4.69) is 14.9 Å². The minimum absolute atomic E-state index is 0.123. The van der Waals surface area contributed by atoms with Crippen molar-refractivity contribution in [1.82, 2.24) is 9.96 Å². The summed E-state index contributed by atoms with van der Waals surface area (Å²) in [7, 11) is 1.59. The van der Waals surface area contributed by atoms with Crippen LogP contribution in [0.4, 0.5) is 4.79 Å². The number of fused-ring (bicyclic) bond motifs is 1. The summed E-state index contributed by atoms with van der Waals surface area (Å²) in [4.78, 5) is 24.4. The fourth-order valence-corrected chi connectivity index (χ4v) is 5.34. The van der Waals surface area contributed by atoms with E-state index in [0.29, 0.717) is 22.7 Å². The number of hydrogen-bond acceptors (Lipinski definition) is 10. The molecular weight excluding hydrogens is 488 g/mol. The molecule has 3 N–H and O–H groups in total. The number of piperidine rings is 1. The maximum absolute atomic E-state index is 12.0. The monoisotopic (exact) mass is 522 g/mol. The molecule has 0 radical (unpaired) electrons. The zero-order valence-electron chi connectivity index (χ0n) is 21.5. The van der Waals surface area contributed by atoms with Gasteiger partial charge in [0.1, 0.15) is 17.1 Å². The van der Waals surface area contributed by atoms with Crippen LogP contribution in [-0.4, -0.2) is 60.0 Å². The fourth-order valence-electron chi connectivity index (χ4n) is 5.34. The van der Waals surface area contributed by atoms with E-state index in [4.69, 9.17) is 19.7 Å². The molecule has 3 heterocycles. The van der Waals surface area contributed by atoms with Gasteiger partial charge in [-0.2, -0.15) is 9.86 Å². The highest BCUT2D eigenvalue weighted by molar-refractivity contribution is 5.82. The molecule has 38 heavy (non-hydrogen) atoms. The number of hydroxylamine groups is 2. The number of aryl methyl sites for hydroxylation is 1. The number of aliphatic hydroxyl groups is 1. The van der Waals surface area contributed by atoms with Crippen molar-refractivity contribution in [3.8, 4) is 5.75 Å². The average molecular weight is 523 g/mol. The summed E-state index contributed by atoms with van der Waals surface area (Å²) in [5, 5.41) is 15.4. The summed E-state index contributed by atoms with van der Waals surface area (Å²) in [5.74, 6) is 0.978. The van der Waals surface area contributed by atoms with Gasteiger partial charge >= 0.3 is 6.16 Å². The van der Waals surface area contributed by atoms with Gasteiger partial charge in [-0.05, 0) is 80.2 Å². The molecule has 2 unspecified atom stereocenters. The number of ether oxygens (including phenoxy) is 1. The summed E-state index contributed by atoms with van der Waals surface area (Å²) in [6.45, 7) is 2.26. The summed E-state index contributed by atoms with van der Waals surface area (Å²) in [5.41, 5.74) is 8.61. The van der Waals surface area contributed by atoms with Gasteiger partial charge in [-0.3, -0.25) is 9.74 Å². The molecule has 1 aromatic heterocycles. The SMILES string of the molecule is COc1ccc(CCCCN2CCCCC2CO)cc1C(c1cc2ccccc2o1)N1OC(=O)ON=C1N. The third-order valence-corrected chi connectivity index (χ3v) is 7.27. The van der Waals surface area contributed by atoms with Crippen LogP contribution in [0.25, 0.3) is 11.0 Å². The Balaban J connectivity index is 1.41. The number of carbonyl (C=O) groups is 1. The number of benzene rings is 2. The number of furan rings is 1. The molecular formula is C28H34N4O6. The topological polar surface area (TPSA) is 123 Å². The Morgan fingerprint density at radius 2 is 2.05 bits per heavy atom.